The predicted molar refractivity (Wildman–Crippen MR) is 118 cm³/mol. The van der Waals surface area contributed by atoms with Crippen molar-refractivity contribution >= 4 is 17.4 Å². The third-order valence-corrected chi connectivity index (χ3v) is 4.80. The molecule has 10 nitrogen and oxygen atoms in total. The molecule has 0 saturated heterocycles. The molecule has 0 aliphatic carbocycles. The van der Waals surface area contributed by atoms with Gasteiger partial charge in [-0.25, -0.2) is 4.79 Å². The monoisotopic (exact) mass is 428 g/mol. The average Bonchev–Trinajstić information content (AvgIpc) is 2.75. The summed E-state index contributed by atoms with van der Waals surface area (Å²) in [6.07, 6.45) is 0.749. The number of nitrogen functional groups attached to an aromatic ring is 1. The van der Waals surface area contributed by atoms with E-state index in [9.17, 15) is 14.4 Å². The van der Waals surface area contributed by atoms with Crippen LogP contribution in [-0.4, -0.2) is 60.8 Å². The molecule has 1 heterocycles. The fourth-order valence-corrected chi connectivity index (χ4v) is 3.10. The van der Waals surface area contributed by atoms with Crippen molar-refractivity contribution in [1.29, 1.82) is 5.26 Å². The molecule has 2 aromatic rings. The summed E-state index contributed by atoms with van der Waals surface area (Å²) in [5, 5.41) is 8.74. The zero-order valence-corrected chi connectivity index (χ0v) is 17.8. The molecule has 0 bridgehead atoms. The maximum Gasteiger partial charge on any atom is 0.330 e. The number of aromatic amines is 1. The molecule has 31 heavy (non-hydrogen) atoms. The number of H-pyrrole nitrogens is 1. The number of carbonyl (C=O) groups is 1. The molecular formula is C21H28N6O4. The van der Waals surface area contributed by atoms with Crippen molar-refractivity contribution in [2.45, 2.75) is 19.4 Å². The molecule has 1 aromatic heterocycles. The second-order valence-electron chi connectivity index (χ2n) is 7.06. The van der Waals surface area contributed by atoms with Crippen molar-refractivity contribution in [3.63, 3.8) is 0 Å². The summed E-state index contributed by atoms with van der Waals surface area (Å²) in [6.45, 7) is 1.08. The number of nitrogens with one attached hydrogen (secondary N) is 1. The van der Waals surface area contributed by atoms with E-state index < -0.39 is 11.2 Å². The van der Waals surface area contributed by atoms with Gasteiger partial charge >= 0.3 is 5.69 Å². The summed E-state index contributed by atoms with van der Waals surface area (Å²) in [6, 6.07) is 11.2. The largest absolute Gasteiger partial charge is 0.385 e. The number of amides is 1. The van der Waals surface area contributed by atoms with E-state index >= 15 is 0 Å². The molecule has 2 rings (SSSR count). The van der Waals surface area contributed by atoms with Crippen LogP contribution in [0.5, 0.6) is 0 Å². The first kappa shape index (κ1) is 23.7. The van der Waals surface area contributed by atoms with E-state index in [1.54, 1.807) is 19.1 Å². The smallest absolute Gasteiger partial charge is 0.330 e. The number of likely N-dealkylation sites (N-methyl/N-ethyl adjacent to an activating group) is 1. The number of methoxy groups -OCH3 is 1. The zero-order chi connectivity index (χ0) is 22.8. The molecule has 1 amide bonds. The van der Waals surface area contributed by atoms with Gasteiger partial charge in [0.25, 0.3) is 5.56 Å². The fraction of sp³-hybridized carbons (Fsp3) is 0.429. The first-order valence-electron chi connectivity index (χ1n) is 9.90. The van der Waals surface area contributed by atoms with Crippen LogP contribution in [0.1, 0.15) is 18.4 Å². The highest BCUT2D eigenvalue weighted by atomic mass is 16.5. The van der Waals surface area contributed by atoms with Gasteiger partial charge in [-0.1, -0.05) is 30.3 Å². The van der Waals surface area contributed by atoms with Gasteiger partial charge in [-0.15, -0.1) is 0 Å². The third-order valence-electron chi connectivity index (χ3n) is 4.80. The van der Waals surface area contributed by atoms with Crippen LogP contribution in [0.15, 0.2) is 39.9 Å². The Balaban J connectivity index is 2.40. The summed E-state index contributed by atoms with van der Waals surface area (Å²) >= 11 is 0. The Labute approximate surface area is 180 Å². The standard InChI is InChI=1S/C21H28N6O4/c1-25(11-6-10-22)17(28)15-26(12-7-13-31-2)18-19(23)27(21(30)24-20(18)29)14-16-8-4-3-5-9-16/h3-5,8-9H,6-7,11-15,23H2,1-2H3,(H,24,29,30). The SMILES string of the molecule is COCCCN(CC(=O)N(C)CCC#N)c1c(N)n(Cc2ccccc2)c(=O)[nH]c1=O. The molecule has 0 saturated carbocycles. The lowest BCUT2D eigenvalue weighted by atomic mass is 10.2. The molecule has 0 spiro atoms. The summed E-state index contributed by atoms with van der Waals surface area (Å²) in [7, 11) is 3.16. The van der Waals surface area contributed by atoms with Crippen molar-refractivity contribution in [3.05, 3.63) is 56.7 Å². The summed E-state index contributed by atoms with van der Waals surface area (Å²) in [5.41, 5.74) is 5.90. The van der Waals surface area contributed by atoms with Gasteiger partial charge in [-0.2, -0.15) is 5.26 Å². The topological polar surface area (TPSA) is 137 Å². The van der Waals surface area contributed by atoms with Crippen molar-refractivity contribution < 1.29 is 9.53 Å². The Morgan fingerprint density at radius 3 is 2.61 bits per heavy atom. The zero-order valence-electron chi connectivity index (χ0n) is 17.8. The summed E-state index contributed by atoms with van der Waals surface area (Å²) in [5.74, 6) is -0.283. The minimum absolute atomic E-state index is 0.0116. The van der Waals surface area contributed by atoms with Crippen LogP contribution in [-0.2, 0) is 16.1 Å². The Hall–Kier alpha value is -3.58. The van der Waals surface area contributed by atoms with Crippen molar-refractivity contribution in [3.8, 4) is 6.07 Å². The number of benzene rings is 1. The first-order valence-corrected chi connectivity index (χ1v) is 9.90. The number of carbonyl (C=O) groups excluding carboxylic acids is 1. The number of hydrogen-bond acceptors (Lipinski definition) is 7. The van der Waals surface area contributed by atoms with E-state index in [1.807, 2.05) is 36.4 Å². The van der Waals surface area contributed by atoms with Crippen molar-refractivity contribution in [2.75, 3.05) is 51.0 Å². The van der Waals surface area contributed by atoms with Crippen LogP contribution in [0.2, 0.25) is 0 Å². The van der Waals surface area contributed by atoms with Crippen LogP contribution >= 0.6 is 0 Å². The molecule has 0 unspecified atom stereocenters. The molecule has 3 N–H and O–H groups in total. The second kappa shape index (κ2) is 11.6. The third kappa shape index (κ3) is 6.45. The number of ether oxygens (including phenoxy) is 1. The fourth-order valence-electron chi connectivity index (χ4n) is 3.10. The van der Waals surface area contributed by atoms with Gasteiger partial charge < -0.3 is 20.3 Å². The second-order valence-corrected chi connectivity index (χ2v) is 7.06. The number of anilines is 2. The van der Waals surface area contributed by atoms with Crippen LogP contribution in [0, 0.1) is 11.3 Å². The molecule has 1 aromatic carbocycles. The lowest BCUT2D eigenvalue weighted by molar-refractivity contribution is -0.128. The molecule has 10 heteroatoms. The number of hydrogen-bond donors (Lipinski definition) is 2. The molecular weight excluding hydrogens is 400 g/mol. The Bertz CT molecular complexity index is 1020. The molecule has 0 fully saturated rings. The van der Waals surface area contributed by atoms with Gasteiger partial charge in [0.1, 0.15) is 11.5 Å². The molecule has 0 atom stereocenters. The molecule has 0 radical (unpaired) electrons. The van der Waals surface area contributed by atoms with E-state index in [-0.39, 0.29) is 43.5 Å². The van der Waals surface area contributed by atoms with Crippen LogP contribution in [0.3, 0.4) is 0 Å². The van der Waals surface area contributed by atoms with Crippen molar-refractivity contribution in [2.24, 2.45) is 0 Å². The molecule has 166 valence electrons. The predicted octanol–water partition coefficient (Wildman–Crippen LogP) is 0.382. The lowest BCUT2D eigenvalue weighted by Crippen LogP contribution is -2.44. The van der Waals surface area contributed by atoms with Gasteiger partial charge in [0.05, 0.1) is 25.6 Å². The highest BCUT2D eigenvalue weighted by Gasteiger charge is 2.22. The van der Waals surface area contributed by atoms with E-state index in [0.717, 1.165) is 5.56 Å². The summed E-state index contributed by atoms with van der Waals surface area (Å²) < 4.78 is 6.36. The van der Waals surface area contributed by atoms with E-state index in [0.29, 0.717) is 19.6 Å². The number of nitriles is 1. The minimum atomic E-state index is -0.656. The number of nitrogens with zero attached hydrogens (tertiary/aromatic N) is 4. The Morgan fingerprint density at radius 1 is 1.26 bits per heavy atom. The van der Waals surface area contributed by atoms with E-state index in [2.05, 4.69) is 4.98 Å². The quantitative estimate of drug-likeness (QED) is 0.494. The number of aromatic nitrogens is 2. The van der Waals surface area contributed by atoms with Crippen molar-refractivity contribution in [1.82, 2.24) is 14.5 Å². The summed E-state index contributed by atoms with van der Waals surface area (Å²) in [4.78, 5) is 43.0. The first-order chi connectivity index (χ1) is 14.9. The van der Waals surface area contributed by atoms with Gasteiger partial charge in [0.2, 0.25) is 5.91 Å². The number of nitrogens with two attached hydrogens (primary N) is 1. The van der Waals surface area contributed by atoms with Gasteiger partial charge in [0.15, 0.2) is 0 Å². The van der Waals surface area contributed by atoms with Gasteiger partial charge in [-0.3, -0.25) is 19.1 Å². The normalized spacial score (nSPS) is 10.5. The Morgan fingerprint density at radius 2 is 1.97 bits per heavy atom. The highest BCUT2D eigenvalue weighted by Crippen LogP contribution is 2.18. The van der Waals surface area contributed by atoms with Gasteiger partial charge in [-0.05, 0) is 12.0 Å². The maximum atomic E-state index is 12.7. The number of rotatable bonds is 11. The highest BCUT2D eigenvalue weighted by molar-refractivity contribution is 5.82. The van der Waals surface area contributed by atoms with Crippen LogP contribution in [0.4, 0.5) is 11.5 Å². The van der Waals surface area contributed by atoms with E-state index in [1.165, 1.54) is 9.47 Å². The van der Waals surface area contributed by atoms with E-state index in [4.69, 9.17) is 15.7 Å². The molecule has 0 aliphatic heterocycles. The molecule has 0 aliphatic rings. The lowest BCUT2D eigenvalue weighted by Gasteiger charge is -2.27. The van der Waals surface area contributed by atoms with Crippen LogP contribution in [0.25, 0.3) is 0 Å². The minimum Gasteiger partial charge on any atom is -0.385 e. The maximum absolute atomic E-state index is 12.7. The van der Waals surface area contributed by atoms with Gasteiger partial charge in [0, 0.05) is 33.9 Å². The Kier molecular flexibility index (Phi) is 8.84. The average molecular weight is 428 g/mol. The van der Waals surface area contributed by atoms with Crippen LogP contribution < -0.4 is 21.9 Å².